The number of hydrogen-bond acceptors (Lipinski definition) is 4. The lowest BCUT2D eigenvalue weighted by Crippen LogP contribution is -2.47. The van der Waals surface area contributed by atoms with Crippen LogP contribution in [0.5, 0.6) is 0 Å². The van der Waals surface area contributed by atoms with Crippen molar-refractivity contribution in [3.8, 4) is 0 Å². The smallest absolute Gasteiger partial charge is 0.241 e. The van der Waals surface area contributed by atoms with Gasteiger partial charge in [0.05, 0.1) is 6.42 Å². The molecule has 0 aliphatic carbocycles. The highest BCUT2D eigenvalue weighted by atomic mass is 19.1. The zero-order valence-electron chi connectivity index (χ0n) is 13.0. The third-order valence-electron chi connectivity index (χ3n) is 3.45. The Kier molecular flexibility index (Phi) is 6.30. The fourth-order valence-corrected chi connectivity index (χ4v) is 2.18. The van der Waals surface area contributed by atoms with E-state index in [1.807, 2.05) is 0 Å². The zero-order valence-corrected chi connectivity index (χ0v) is 13.0. The summed E-state index contributed by atoms with van der Waals surface area (Å²) in [5.41, 5.74) is 4.02. The second kappa shape index (κ2) is 8.22. The van der Waals surface area contributed by atoms with E-state index in [-0.39, 0.29) is 24.4 Å². The third-order valence-corrected chi connectivity index (χ3v) is 3.45. The van der Waals surface area contributed by atoms with Crippen LogP contribution in [-0.4, -0.2) is 30.0 Å². The summed E-state index contributed by atoms with van der Waals surface area (Å²) in [7, 11) is 0. The van der Waals surface area contributed by atoms with Gasteiger partial charge in [0, 0.05) is 13.1 Å². The maximum Gasteiger partial charge on any atom is 0.241 e. The summed E-state index contributed by atoms with van der Waals surface area (Å²) in [6, 6.07) is 6.22. The Morgan fingerprint density at radius 1 is 1.32 bits per heavy atom. The van der Waals surface area contributed by atoms with Crippen LogP contribution in [0.4, 0.5) is 4.39 Å². The predicted molar refractivity (Wildman–Crippen MR) is 79.9 cm³/mol. The average molecular weight is 310 g/mol. The van der Waals surface area contributed by atoms with Crippen LogP contribution in [0.15, 0.2) is 24.3 Å². The van der Waals surface area contributed by atoms with E-state index in [0.717, 1.165) is 18.4 Å². The van der Waals surface area contributed by atoms with Crippen molar-refractivity contribution >= 4 is 5.91 Å². The van der Waals surface area contributed by atoms with Gasteiger partial charge in [0.2, 0.25) is 5.91 Å². The van der Waals surface area contributed by atoms with Crippen LogP contribution in [0.25, 0.3) is 0 Å². The number of hydrogen-bond donors (Lipinski definition) is 1. The van der Waals surface area contributed by atoms with Crippen molar-refractivity contribution in [2.45, 2.75) is 52.2 Å². The first-order valence-electron chi connectivity index (χ1n) is 7.67. The first-order valence-corrected chi connectivity index (χ1v) is 7.67. The number of amides is 1. The van der Waals surface area contributed by atoms with Gasteiger partial charge in [0.1, 0.15) is 5.82 Å². The van der Waals surface area contributed by atoms with E-state index in [1.165, 1.54) is 12.1 Å². The summed E-state index contributed by atoms with van der Waals surface area (Å²) in [6.45, 7) is 4.96. The normalized spacial score (nSPS) is 20.5. The van der Waals surface area contributed by atoms with Gasteiger partial charge in [-0.25, -0.2) is 9.82 Å². The van der Waals surface area contributed by atoms with E-state index in [1.54, 1.807) is 24.1 Å². The van der Waals surface area contributed by atoms with Gasteiger partial charge in [-0.3, -0.25) is 9.80 Å². The van der Waals surface area contributed by atoms with E-state index in [9.17, 15) is 9.18 Å². The van der Waals surface area contributed by atoms with Crippen molar-refractivity contribution in [1.82, 2.24) is 10.4 Å². The molecule has 1 aliphatic heterocycles. The number of hydrazine groups is 1. The highest BCUT2D eigenvalue weighted by Gasteiger charge is 2.30. The largest absolute Gasteiger partial charge is 0.323 e. The molecule has 22 heavy (non-hydrogen) atoms. The number of halogens is 1. The minimum absolute atomic E-state index is 0.0625. The number of rotatable bonds is 8. The summed E-state index contributed by atoms with van der Waals surface area (Å²) in [5.74, 6) is -0.330. The molecule has 0 spiro atoms. The maximum atomic E-state index is 12.9. The van der Waals surface area contributed by atoms with Gasteiger partial charge in [0.15, 0.2) is 12.6 Å². The molecular weight excluding hydrogens is 287 g/mol. The lowest BCUT2D eigenvalue weighted by Gasteiger charge is -2.34. The van der Waals surface area contributed by atoms with Crippen LogP contribution in [0, 0.1) is 5.82 Å². The Labute approximate surface area is 130 Å². The summed E-state index contributed by atoms with van der Waals surface area (Å²) < 4.78 is 23.5. The second-order valence-corrected chi connectivity index (χ2v) is 5.33. The van der Waals surface area contributed by atoms with Crippen molar-refractivity contribution < 1.29 is 18.7 Å². The summed E-state index contributed by atoms with van der Waals surface area (Å²) in [5, 5.41) is 1.60. The molecule has 6 heteroatoms. The molecule has 0 aromatic heterocycles. The molecule has 0 unspecified atom stereocenters. The number of ether oxygens (including phenoxy) is 2. The van der Waals surface area contributed by atoms with Gasteiger partial charge in [0.25, 0.3) is 0 Å². The highest BCUT2D eigenvalue weighted by Crippen LogP contribution is 2.19. The van der Waals surface area contributed by atoms with Gasteiger partial charge < -0.3 is 9.47 Å². The minimum Gasteiger partial charge on any atom is -0.323 e. The fourth-order valence-electron chi connectivity index (χ4n) is 2.18. The molecule has 1 heterocycles. The molecule has 0 bridgehead atoms. The molecular formula is C16H23FN2O3. The number of nitrogens with zero attached hydrogens (tertiary/aromatic N) is 1. The van der Waals surface area contributed by atoms with E-state index in [4.69, 9.17) is 9.47 Å². The molecule has 2 rings (SSSR count). The Hall–Kier alpha value is -1.50. The van der Waals surface area contributed by atoms with Gasteiger partial charge in [-0.05, 0) is 31.0 Å². The van der Waals surface area contributed by atoms with Crippen LogP contribution >= 0.6 is 0 Å². The van der Waals surface area contributed by atoms with Crippen LogP contribution in [0.3, 0.4) is 0 Å². The molecule has 1 amide bonds. The monoisotopic (exact) mass is 310 g/mol. The van der Waals surface area contributed by atoms with Crippen LogP contribution in [0.2, 0.25) is 0 Å². The molecule has 0 atom stereocenters. The summed E-state index contributed by atoms with van der Waals surface area (Å²) in [6.07, 6.45) is 1.43. The molecule has 1 N–H and O–H groups in total. The number of carbonyl (C=O) groups is 1. The average Bonchev–Trinajstić information content (AvgIpc) is 2.47. The fraction of sp³-hybridized carbons (Fsp3) is 0.562. The van der Waals surface area contributed by atoms with Gasteiger partial charge in [-0.2, -0.15) is 0 Å². The second-order valence-electron chi connectivity index (χ2n) is 5.33. The molecule has 0 saturated carbocycles. The van der Waals surface area contributed by atoms with Crippen LogP contribution in [-0.2, 0) is 20.8 Å². The van der Waals surface area contributed by atoms with Crippen molar-refractivity contribution in [2.24, 2.45) is 0 Å². The Morgan fingerprint density at radius 2 is 2.00 bits per heavy atom. The van der Waals surface area contributed by atoms with Crippen LogP contribution < -0.4 is 5.43 Å². The quantitative estimate of drug-likeness (QED) is 0.750. The van der Waals surface area contributed by atoms with Crippen molar-refractivity contribution in [3.63, 3.8) is 0 Å². The molecule has 1 fully saturated rings. The SMILES string of the molecule is CCCCN(NCc1ccc(F)cc1)C(=O)CC1OC(C)O1. The predicted octanol–water partition coefficient (Wildman–Crippen LogP) is 2.57. The Bertz CT molecular complexity index is 475. The number of benzene rings is 1. The maximum absolute atomic E-state index is 12.9. The van der Waals surface area contributed by atoms with E-state index < -0.39 is 6.29 Å². The molecule has 5 nitrogen and oxygen atoms in total. The number of unbranched alkanes of at least 4 members (excludes halogenated alkanes) is 1. The van der Waals surface area contributed by atoms with Crippen molar-refractivity contribution in [1.29, 1.82) is 0 Å². The topological polar surface area (TPSA) is 50.8 Å². The van der Waals surface area contributed by atoms with E-state index in [0.29, 0.717) is 13.1 Å². The third kappa shape index (κ3) is 5.05. The Balaban J connectivity index is 1.84. The molecule has 1 saturated heterocycles. The van der Waals surface area contributed by atoms with Crippen molar-refractivity contribution in [3.05, 3.63) is 35.6 Å². The lowest BCUT2D eigenvalue weighted by molar-refractivity contribution is -0.374. The summed E-state index contributed by atoms with van der Waals surface area (Å²) in [4.78, 5) is 12.3. The summed E-state index contributed by atoms with van der Waals surface area (Å²) >= 11 is 0. The standard InChI is InChI=1S/C16H23FN2O3/c1-3-4-9-19(15(20)10-16-21-12(2)22-16)18-11-13-5-7-14(17)8-6-13/h5-8,12,16,18H,3-4,9-11H2,1-2H3. The number of nitrogens with one attached hydrogen (secondary N) is 1. The molecule has 1 aliphatic rings. The van der Waals surface area contributed by atoms with E-state index in [2.05, 4.69) is 12.3 Å². The van der Waals surface area contributed by atoms with Gasteiger partial charge in [-0.15, -0.1) is 0 Å². The zero-order chi connectivity index (χ0) is 15.9. The first-order chi connectivity index (χ1) is 10.6. The molecule has 122 valence electrons. The molecule has 0 radical (unpaired) electrons. The molecule has 1 aromatic carbocycles. The Morgan fingerprint density at radius 3 is 2.59 bits per heavy atom. The van der Waals surface area contributed by atoms with Crippen LogP contribution in [0.1, 0.15) is 38.7 Å². The first kappa shape index (κ1) is 16.9. The lowest BCUT2D eigenvalue weighted by atomic mass is 10.2. The highest BCUT2D eigenvalue weighted by molar-refractivity contribution is 5.76. The van der Waals surface area contributed by atoms with Crippen molar-refractivity contribution in [2.75, 3.05) is 6.54 Å². The van der Waals surface area contributed by atoms with Gasteiger partial charge >= 0.3 is 0 Å². The van der Waals surface area contributed by atoms with E-state index >= 15 is 0 Å². The number of carbonyl (C=O) groups excluding carboxylic acids is 1. The molecule has 1 aromatic rings. The van der Waals surface area contributed by atoms with Gasteiger partial charge in [-0.1, -0.05) is 25.5 Å². The minimum atomic E-state index is -0.445.